The molecule has 1 aliphatic rings. The van der Waals surface area contributed by atoms with E-state index in [1.54, 1.807) is 0 Å². The van der Waals surface area contributed by atoms with E-state index in [0.717, 1.165) is 5.69 Å². The first-order valence-electron chi connectivity index (χ1n) is 8.17. The van der Waals surface area contributed by atoms with Gasteiger partial charge in [0, 0.05) is 11.7 Å². The van der Waals surface area contributed by atoms with Crippen molar-refractivity contribution in [3.63, 3.8) is 0 Å². The second kappa shape index (κ2) is 8.45. The lowest BCUT2D eigenvalue weighted by atomic mass is 9.86. The molecule has 1 fully saturated rings. The van der Waals surface area contributed by atoms with Gasteiger partial charge in [0.25, 0.3) is 0 Å². The highest BCUT2D eigenvalue weighted by Gasteiger charge is 2.21. The summed E-state index contributed by atoms with van der Waals surface area (Å²) in [5.74, 6) is 0.656. The summed E-state index contributed by atoms with van der Waals surface area (Å²) >= 11 is 10.7. The van der Waals surface area contributed by atoms with Gasteiger partial charge < -0.3 is 10.6 Å². The first-order chi connectivity index (χ1) is 11.0. The van der Waals surface area contributed by atoms with E-state index in [-0.39, 0.29) is 0 Å². The van der Waals surface area contributed by atoms with Crippen LogP contribution in [0.1, 0.15) is 43.7 Å². The molecule has 0 aliphatic heterocycles. The Bertz CT molecular complexity index is 574. The number of hydrogen-bond donors (Lipinski definition) is 4. The zero-order chi connectivity index (χ0) is 16.8. The second-order valence-electron chi connectivity index (χ2n) is 6.29. The van der Waals surface area contributed by atoms with Gasteiger partial charge in [-0.15, -0.1) is 0 Å². The largest absolute Gasteiger partial charge is 0.358 e. The molecule has 1 aromatic rings. The van der Waals surface area contributed by atoms with E-state index in [2.05, 4.69) is 48.3 Å². The monoisotopic (exact) mass is 350 g/mol. The third-order valence-corrected chi connectivity index (χ3v) is 4.99. The van der Waals surface area contributed by atoms with E-state index in [9.17, 15) is 0 Å². The fraction of sp³-hybridized carbons (Fsp3) is 0.529. The fourth-order valence-electron chi connectivity index (χ4n) is 2.89. The minimum absolute atomic E-state index is 0.450. The Balaban J connectivity index is 1.77. The minimum atomic E-state index is 0.450. The number of hydrogen-bond acceptors (Lipinski definition) is 2. The Morgan fingerprint density at radius 3 is 2.48 bits per heavy atom. The van der Waals surface area contributed by atoms with Gasteiger partial charge in [-0.1, -0.05) is 31.9 Å². The molecule has 2 rings (SSSR count). The molecule has 4 nitrogen and oxygen atoms in total. The van der Waals surface area contributed by atoms with Crippen LogP contribution in [0.2, 0.25) is 0 Å². The van der Waals surface area contributed by atoms with Crippen LogP contribution in [0, 0.1) is 19.8 Å². The van der Waals surface area contributed by atoms with E-state index in [1.165, 1.54) is 36.8 Å². The van der Waals surface area contributed by atoms with E-state index in [0.29, 0.717) is 22.2 Å². The normalized spacial score (nSPS) is 20.5. The van der Waals surface area contributed by atoms with Crippen LogP contribution in [-0.2, 0) is 0 Å². The number of hydrazine groups is 1. The Morgan fingerprint density at radius 2 is 1.74 bits per heavy atom. The molecule has 0 unspecified atom stereocenters. The average Bonchev–Trinajstić information content (AvgIpc) is 2.52. The summed E-state index contributed by atoms with van der Waals surface area (Å²) in [5, 5.41) is 7.66. The lowest BCUT2D eigenvalue weighted by Crippen LogP contribution is -2.52. The molecule has 0 bridgehead atoms. The van der Waals surface area contributed by atoms with Crippen LogP contribution < -0.4 is 21.5 Å². The van der Waals surface area contributed by atoms with Crippen molar-refractivity contribution in [2.45, 2.75) is 52.5 Å². The summed E-state index contributed by atoms with van der Waals surface area (Å²) in [7, 11) is 0. The summed E-state index contributed by atoms with van der Waals surface area (Å²) in [6.45, 7) is 6.43. The summed E-state index contributed by atoms with van der Waals surface area (Å²) in [6, 6.07) is 6.55. The maximum atomic E-state index is 5.35. The molecule has 1 aromatic carbocycles. The van der Waals surface area contributed by atoms with Crippen molar-refractivity contribution in [2.24, 2.45) is 5.92 Å². The number of benzene rings is 1. The summed E-state index contributed by atoms with van der Waals surface area (Å²) in [5.41, 5.74) is 9.34. The van der Waals surface area contributed by atoms with Gasteiger partial charge in [0.1, 0.15) is 0 Å². The number of rotatable bonds is 2. The van der Waals surface area contributed by atoms with Crippen molar-refractivity contribution in [3.05, 3.63) is 29.3 Å². The van der Waals surface area contributed by atoms with E-state index in [4.69, 9.17) is 24.4 Å². The van der Waals surface area contributed by atoms with Crippen LogP contribution in [0.15, 0.2) is 18.2 Å². The Morgan fingerprint density at radius 1 is 1.04 bits per heavy atom. The van der Waals surface area contributed by atoms with Gasteiger partial charge >= 0.3 is 0 Å². The van der Waals surface area contributed by atoms with Gasteiger partial charge in [-0.05, 0) is 74.2 Å². The van der Waals surface area contributed by atoms with Crippen LogP contribution in [0.4, 0.5) is 5.69 Å². The Labute approximate surface area is 149 Å². The molecule has 126 valence electrons. The summed E-state index contributed by atoms with van der Waals surface area (Å²) < 4.78 is 0. The molecule has 1 aliphatic carbocycles. The predicted octanol–water partition coefficient (Wildman–Crippen LogP) is 3.55. The fourth-order valence-corrected chi connectivity index (χ4v) is 3.25. The molecule has 0 saturated heterocycles. The Hall–Kier alpha value is -1.40. The summed E-state index contributed by atoms with van der Waals surface area (Å²) in [4.78, 5) is 0. The van der Waals surface area contributed by atoms with Crippen molar-refractivity contribution < 1.29 is 0 Å². The molecule has 0 amide bonds. The zero-order valence-corrected chi connectivity index (χ0v) is 15.7. The third kappa shape index (κ3) is 5.32. The lowest BCUT2D eigenvalue weighted by Gasteiger charge is -2.30. The van der Waals surface area contributed by atoms with Crippen LogP contribution in [0.5, 0.6) is 0 Å². The molecule has 0 aromatic heterocycles. The molecule has 1 saturated carbocycles. The van der Waals surface area contributed by atoms with Crippen molar-refractivity contribution in [3.8, 4) is 0 Å². The van der Waals surface area contributed by atoms with Crippen molar-refractivity contribution in [1.82, 2.24) is 16.2 Å². The molecule has 4 N–H and O–H groups in total. The topological polar surface area (TPSA) is 48.1 Å². The molecule has 0 spiro atoms. The van der Waals surface area contributed by atoms with E-state index < -0.39 is 0 Å². The Kier molecular flexibility index (Phi) is 6.59. The molecular weight excluding hydrogens is 324 g/mol. The molecule has 2 atom stereocenters. The summed E-state index contributed by atoms with van der Waals surface area (Å²) in [6.07, 6.45) is 5.03. The first-order valence-corrected chi connectivity index (χ1v) is 8.98. The van der Waals surface area contributed by atoms with Crippen molar-refractivity contribution in [2.75, 3.05) is 5.32 Å². The smallest absolute Gasteiger partial charge is 0.189 e. The quantitative estimate of drug-likeness (QED) is 0.483. The standard InChI is InChI=1S/C17H26N4S2/c1-11-8-6-10-15(13(11)3)19-17(23)21-20-16(22)18-14-9-5-4-7-12(14)2/h6,8,10,12,14H,4-5,7,9H2,1-3H3,(H2,18,20,22)(H2,19,21,23)/t12-,14-/m1/s1. The number of aryl methyl sites for hydroxylation is 1. The SMILES string of the molecule is Cc1cccc(NC(=S)NNC(=S)N[C@@H]2CCCC[C@H]2C)c1C. The van der Waals surface area contributed by atoms with Crippen LogP contribution in [0.25, 0.3) is 0 Å². The minimum Gasteiger partial charge on any atom is -0.358 e. The predicted molar refractivity (Wildman–Crippen MR) is 106 cm³/mol. The van der Waals surface area contributed by atoms with Crippen molar-refractivity contribution >= 4 is 40.3 Å². The van der Waals surface area contributed by atoms with Gasteiger partial charge in [-0.25, -0.2) is 0 Å². The van der Waals surface area contributed by atoms with Gasteiger partial charge in [0.15, 0.2) is 10.2 Å². The highest BCUT2D eigenvalue weighted by Crippen LogP contribution is 2.23. The third-order valence-electron chi connectivity index (χ3n) is 4.57. The first kappa shape index (κ1) is 17.9. The van der Waals surface area contributed by atoms with E-state index in [1.807, 2.05) is 12.1 Å². The lowest BCUT2D eigenvalue weighted by molar-refractivity contribution is 0.308. The van der Waals surface area contributed by atoms with Crippen LogP contribution >= 0.6 is 24.4 Å². The van der Waals surface area contributed by atoms with Crippen molar-refractivity contribution in [1.29, 1.82) is 0 Å². The van der Waals surface area contributed by atoms with Gasteiger partial charge in [-0.2, -0.15) is 0 Å². The maximum Gasteiger partial charge on any atom is 0.189 e. The number of anilines is 1. The molecule has 0 heterocycles. The molecule has 0 radical (unpaired) electrons. The van der Waals surface area contributed by atoms with Crippen LogP contribution in [0.3, 0.4) is 0 Å². The maximum absolute atomic E-state index is 5.35. The highest BCUT2D eigenvalue weighted by molar-refractivity contribution is 7.80. The molecule has 23 heavy (non-hydrogen) atoms. The highest BCUT2D eigenvalue weighted by atomic mass is 32.1. The van der Waals surface area contributed by atoms with Gasteiger partial charge in [0.2, 0.25) is 0 Å². The van der Waals surface area contributed by atoms with Crippen LogP contribution in [-0.4, -0.2) is 16.3 Å². The number of nitrogens with one attached hydrogen (secondary N) is 4. The van der Waals surface area contributed by atoms with Gasteiger partial charge in [-0.3, -0.25) is 10.9 Å². The average molecular weight is 351 g/mol. The molecule has 6 heteroatoms. The number of thiocarbonyl (C=S) groups is 2. The molecular formula is C17H26N4S2. The second-order valence-corrected chi connectivity index (χ2v) is 7.11. The van der Waals surface area contributed by atoms with E-state index >= 15 is 0 Å². The zero-order valence-electron chi connectivity index (χ0n) is 14.0. The van der Waals surface area contributed by atoms with Gasteiger partial charge in [0.05, 0.1) is 0 Å².